The lowest BCUT2D eigenvalue weighted by atomic mass is 10.0. The van der Waals surface area contributed by atoms with Crippen LogP contribution in [-0.2, 0) is 0 Å². The molecular weight excluding hydrogens is 356 g/mol. The lowest BCUT2D eigenvalue weighted by Gasteiger charge is -2.03. The smallest absolute Gasteiger partial charge is 0.203 e. The number of hydrogen-bond acceptors (Lipinski definition) is 3. The third-order valence-electron chi connectivity index (χ3n) is 5.12. The van der Waals surface area contributed by atoms with Crippen molar-refractivity contribution >= 4 is 59.4 Å². The standard InChI is InChI=1S/C23H16OS2/c1-13-18-9-10-25-22(18)14(2)19-12-20(26-23(13)19)21(24)17-8-7-15-5-3-4-6-16(15)11-17/h3-12H,1-2H3. The third-order valence-corrected chi connectivity index (χ3v) is 7.41. The summed E-state index contributed by atoms with van der Waals surface area (Å²) in [5.41, 5.74) is 3.32. The molecule has 0 fully saturated rings. The monoisotopic (exact) mass is 372 g/mol. The van der Waals surface area contributed by atoms with Gasteiger partial charge in [-0.2, -0.15) is 0 Å². The van der Waals surface area contributed by atoms with Crippen molar-refractivity contribution in [2.75, 3.05) is 0 Å². The first-order chi connectivity index (χ1) is 12.6. The molecule has 2 heterocycles. The van der Waals surface area contributed by atoms with Crippen molar-refractivity contribution in [1.29, 1.82) is 0 Å². The van der Waals surface area contributed by atoms with Crippen molar-refractivity contribution in [2.24, 2.45) is 0 Å². The Morgan fingerprint density at radius 2 is 1.58 bits per heavy atom. The summed E-state index contributed by atoms with van der Waals surface area (Å²) in [6.45, 7) is 4.33. The Morgan fingerprint density at radius 1 is 0.808 bits per heavy atom. The minimum Gasteiger partial charge on any atom is -0.288 e. The summed E-state index contributed by atoms with van der Waals surface area (Å²) in [6.07, 6.45) is 0. The number of aryl methyl sites for hydroxylation is 2. The number of carbonyl (C=O) groups excluding carboxylic acids is 1. The zero-order valence-electron chi connectivity index (χ0n) is 14.5. The molecule has 0 radical (unpaired) electrons. The molecule has 0 aliphatic rings. The molecule has 0 saturated heterocycles. The fraction of sp³-hybridized carbons (Fsp3) is 0.0870. The van der Waals surface area contributed by atoms with E-state index < -0.39 is 0 Å². The van der Waals surface area contributed by atoms with Gasteiger partial charge in [-0.15, -0.1) is 22.7 Å². The quantitative estimate of drug-likeness (QED) is 0.302. The van der Waals surface area contributed by atoms with Gasteiger partial charge in [0.2, 0.25) is 5.78 Å². The number of ketones is 1. The highest BCUT2D eigenvalue weighted by atomic mass is 32.1. The largest absolute Gasteiger partial charge is 0.288 e. The van der Waals surface area contributed by atoms with E-state index in [2.05, 4.69) is 43.5 Å². The summed E-state index contributed by atoms with van der Waals surface area (Å²) < 4.78 is 2.56. The molecule has 5 aromatic rings. The Morgan fingerprint density at radius 3 is 2.42 bits per heavy atom. The van der Waals surface area contributed by atoms with Gasteiger partial charge in [-0.25, -0.2) is 0 Å². The van der Waals surface area contributed by atoms with Crippen LogP contribution in [0.2, 0.25) is 0 Å². The second-order valence-electron chi connectivity index (χ2n) is 6.66. The van der Waals surface area contributed by atoms with Crippen LogP contribution < -0.4 is 0 Å². The second-order valence-corrected chi connectivity index (χ2v) is 8.63. The van der Waals surface area contributed by atoms with E-state index in [0.29, 0.717) is 0 Å². The van der Waals surface area contributed by atoms with E-state index in [1.165, 1.54) is 31.3 Å². The minimum atomic E-state index is 0.110. The second kappa shape index (κ2) is 5.76. The molecule has 2 aromatic heterocycles. The molecule has 0 aliphatic carbocycles. The number of carbonyl (C=O) groups is 1. The van der Waals surface area contributed by atoms with Crippen molar-refractivity contribution in [1.82, 2.24) is 0 Å². The molecule has 0 N–H and O–H groups in total. The van der Waals surface area contributed by atoms with Gasteiger partial charge < -0.3 is 0 Å². The van der Waals surface area contributed by atoms with E-state index in [-0.39, 0.29) is 5.78 Å². The highest BCUT2D eigenvalue weighted by Crippen LogP contribution is 2.40. The van der Waals surface area contributed by atoms with Gasteiger partial charge in [-0.1, -0.05) is 36.4 Å². The van der Waals surface area contributed by atoms with Gasteiger partial charge in [0.05, 0.1) is 4.88 Å². The average molecular weight is 373 g/mol. The highest BCUT2D eigenvalue weighted by molar-refractivity contribution is 7.22. The highest BCUT2D eigenvalue weighted by Gasteiger charge is 2.17. The van der Waals surface area contributed by atoms with Crippen molar-refractivity contribution in [3.8, 4) is 0 Å². The van der Waals surface area contributed by atoms with Gasteiger partial charge >= 0.3 is 0 Å². The van der Waals surface area contributed by atoms with E-state index in [1.807, 2.05) is 30.3 Å². The van der Waals surface area contributed by atoms with Crippen molar-refractivity contribution in [3.05, 3.63) is 81.5 Å². The average Bonchev–Trinajstić information content (AvgIpc) is 3.33. The first kappa shape index (κ1) is 15.7. The van der Waals surface area contributed by atoms with E-state index >= 15 is 0 Å². The van der Waals surface area contributed by atoms with Gasteiger partial charge in [-0.3, -0.25) is 4.79 Å². The fourth-order valence-corrected chi connectivity index (χ4v) is 5.84. The predicted octanol–water partition coefficient (Wildman–Crippen LogP) is 7.12. The number of fused-ring (bicyclic) bond motifs is 3. The Hall–Kier alpha value is -2.49. The van der Waals surface area contributed by atoms with Crippen LogP contribution in [0.4, 0.5) is 0 Å². The molecule has 3 aromatic carbocycles. The topological polar surface area (TPSA) is 17.1 Å². The van der Waals surface area contributed by atoms with Crippen LogP contribution in [0.5, 0.6) is 0 Å². The maximum atomic E-state index is 13.1. The maximum Gasteiger partial charge on any atom is 0.203 e. The Kier molecular flexibility index (Phi) is 3.49. The van der Waals surface area contributed by atoms with Crippen LogP contribution in [0.25, 0.3) is 30.9 Å². The van der Waals surface area contributed by atoms with E-state index in [4.69, 9.17) is 0 Å². The van der Waals surface area contributed by atoms with E-state index in [0.717, 1.165) is 21.2 Å². The first-order valence-electron chi connectivity index (χ1n) is 8.57. The summed E-state index contributed by atoms with van der Waals surface area (Å²) in [6, 6.07) is 18.4. The third kappa shape index (κ3) is 2.24. The minimum absolute atomic E-state index is 0.110. The fourth-order valence-electron chi connectivity index (χ4n) is 3.67. The van der Waals surface area contributed by atoms with Crippen LogP contribution in [0.15, 0.2) is 60.0 Å². The Bertz CT molecular complexity index is 1270. The zero-order chi connectivity index (χ0) is 17.8. The molecule has 0 aliphatic heterocycles. The van der Waals surface area contributed by atoms with Crippen molar-refractivity contribution < 1.29 is 4.79 Å². The van der Waals surface area contributed by atoms with E-state index in [1.54, 1.807) is 22.7 Å². The number of hydrogen-bond donors (Lipinski definition) is 0. The Balaban J connectivity index is 1.69. The molecular formula is C23H16OS2. The molecule has 26 heavy (non-hydrogen) atoms. The van der Waals surface area contributed by atoms with Gasteiger partial charge in [0.25, 0.3) is 0 Å². The molecule has 0 amide bonds. The molecule has 3 heteroatoms. The predicted molar refractivity (Wildman–Crippen MR) is 114 cm³/mol. The molecule has 0 saturated carbocycles. The van der Waals surface area contributed by atoms with Crippen LogP contribution >= 0.6 is 22.7 Å². The molecule has 1 nitrogen and oxygen atoms in total. The Labute approximate surface area is 159 Å². The number of rotatable bonds is 2. The summed E-state index contributed by atoms with van der Waals surface area (Å²) in [7, 11) is 0. The van der Waals surface area contributed by atoms with Crippen LogP contribution in [0, 0.1) is 13.8 Å². The zero-order valence-corrected chi connectivity index (χ0v) is 16.1. The summed E-state index contributed by atoms with van der Waals surface area (Å²) in [4.78, 5) is 13.9. The van der Waals surface area contributed by atoms with Crippen molar-refractivity contribution in [3.63, 3.8) is 0 Å². The summed E-state index contributed by atoms with van der Waals surface area (Å²) in [5.74, 6) is 0.110. The van der Waals surface area contributed by atoms with Crippen LogP contribution in [-0.4, -0.2) is 5.78 Å². The lowest BCUT2D eigenvalue weighted by Crippen LogP contribution is -1.98. The van der Waals surface area contributed by atoms with Gasteiger partial charge in [0.1, 0.15) is 0 Å². The lowest BCUT2D eigenvalue weighted by molar-refractivity contribution is 0.104. The van der Waals surface area contributed by atoms with Gasteiger partial charge in [0, 0.05) is 15.0 Å². The molecule has 126 valence electrons. The number of benzene rings is 3. The van der Waals surface area contributed by atoms with Gasteiger partial charge in [-0.05, 0) is 70.1 Å². The number of thiophene rings is 2. The summed E-state index contributed by atoms with van der Waals surface area (Å²) in [5, 5.41) is 6.94. The normalized spacial score (nSPS) is 11.6. The van der Waals surface area contributed by atoms with E-state index in [9.17, 15) is 4.79 Å². The van der Waals surface area contributed by atoms with Gasteiger partial charge in [0.15, 0.2) is 0 Å². The molecule has 0 spiro atoms. The first-order valence-corrected chi connectivity index (χ1v) is 10.3. The molecule has 0 atom stereocenters. The molecule has 5 rings (SSSR count). The van der Waals surface area contributed by atoms with Crippen LogP contribution in [0.1, 0.15) is 26.4 Å². The summed E-state index contributed by atoms with van der Waals surface area (Å²) >= 11 is 3.40. The van der Waals surface area contributed by atoms with Crippen LogP contribution in [0.3, 0.4) is 0 Å². The van der Waals surface area contributed by atoms with Crippen molar-refractivity contribution in [2.45, 2.75) is 13.8 Å². The maximum absolute atomic E-state index is 13.1. The molecule has 0 unspecified atom stereocenters. The molecule has 0 bridgehead atoms. The SMILES string of the molecule is Cc1c2cc(C(=O)c3ccc4ccccc4c3)sc2c(C)c2ccsc12.